The van der Waals surface area contributed by atoms with E-state index >= 15 is 0 Å². The highest BCUT2D eigenvalue weighted by Gasteiger charge is 2.23. The molecule has 0 unspecified atom stereocenters. The molecule has 2 aromatic rings. The highest BCUT2D eigenvalue weighted by Crippen LogP contribution is 2.20. The van der Waals surface area contributed by atoms with E-state index in [1.807, 2.05) is 18.2 Å². The van der Waals surface area contributed by atoms with Gasteiger partial charge >= 0.3 is 0 Å². The number of nitrogen functional groups attached to an aromatic ring is 1. The van der Waals surface area contributed by atoms with Crippen molar-refractivity contribution in [2.75, 3.05) is 12.3 Å². The lowest BCUT2D eigenvalue weighted by molar-refractivity contribution is 0.0724. The van der Waals surface area contributed by atoms with Crippen LogP contribution in [0, 0.1) is 0 Å². The molecule has 18 heavy (non-hydrogen) atoms. The van der Waals surface area contributed by atoms with Gasteiger partial charge in [0.25, 0.3) is 5.91 Å². The third-order valence-corrected chi connectivity index (χ3v) is 3.17. The number of hydrogen-bond acceptors (Lipinski definition) is 4. The Morgan fingerprint density at radius 1 is 1.33 bits per heavy atom. The van der Waals surface area contributed by atoms with Crippen LogP contribution >= 0.6 is 0 Å². The maximum atomic E-state index is 12.2. The van der Waals surface area contributed by atoms with Crippen molar-refractivity contribution in [2.45, 2.75) is 13.0 Å². The fraction of sp³-hybridized carbons (Fsp3) is 0.231. The Hall–Kier alpha value is -2.30. The summed E-state index contributed by atoms with van der Waals surface area (Å²) in [4.78, 5) is 13.9. The van der Waals surface area contributed by atoms with Gasteiger partial charge in [-0.15, -0.1) is 0 Å². The molecule has 92 valence electrons. The lowest BCUT2D eigenvalue weighted by Crippen LogP contribution is -2.36. The molecule has 5 nitrogen and oxygen atoms in total. The molecule has 1 amide bonds. The number of nitrogens with two attached hydrogens (primary N) is 1. The van der Waals surface area contributed by atoms with Crippen molar-refractivity contribution >= 4 is 11.8 Å². The normalized spacial score (nSPS) is 14.3. The number of amides is 1. The van der Waals surface area contributed by atoms with Gasteiger partial charge in [-0.3, -0.25) is 4.79 Å². The van der Waals surface area contributed by atoms with Crippen LogP contribution in [0.4, 0.5) is 5.88 Å². The third kappa shape index (κ3) is 1.84. The molecule has 0 radical (unpaired) electrons. The zero-order valence-corrected chi connectivity index (χ0v) is 9.80. The number of carbonyl (C=O) groups is 1. The van der Waals surface area contributed by atoms with Crippen molar-refractivity contribution in [3.05, 3.63) is 47.2 Å². The third-order valence-electron chi connectivity index (χ3n) is 3.17. The maximum Gasteiger partial charge on any atom is 0.276 e. The molecule has 1 aliphatic heterocycles. The van der Waals surface area contributed by atoms with Gasteiger partial charge in [0.15, 0.2) is 5.69 Å². The quantitative estimate of drug-likeness (QED) is 0.822. The average molecular weight is 243 g/mol. The molecular formula is C13H13N3O2. The Kier molecular flexibility index (Phi) is 2.51. The summed E-state index contributed by atoms with van der Waals surface area (Å²) in [7, 11) is 0. The number of anilines is 1. The number of carbonyl (C=O) groups excluding carboxylic acids is 1. The fourth-order valence-corrected chi connectivity index (χ4v) is 2.22. The first-order valence-electron chi connectivity index (χ1n) is 5.82. The first kappa shape index (κ1) is 10.8. The minimum absolute atomic E-state index is 0.134. The first-order chi connectivity index (χ1) is 8.74. The van der Waals surface area contributed by atoms with Crippen molar-refractivity contribution in [1.29, 1.82) is 0 Å². The number of benzene rings is 1. The topological polar surface area (TPSA) is 72.4 Å². The summed E-state index contributed by atoms with van der Waals surface area (Å²) in [5.41, 5.74) is 8.19. The predicted molar refractivity (Wildman–Crippen MR) is 65.8 cm³/mol. The molecule has 0 bridgehead atoms. The van der Waals surface area contributed by atoms with Crippen molar-refractivity contribution in [1.82, 2.24) is 10.1 Å². The number of fused-ring (bicyclic) bond motifs is 1. The summed E-state index contributed by atoms with van der Waals surface area (Å²) in [5.74, 6) is 0.0284. The number of aromatic nitrogens is 1. The molecule has 0 atom stereocenters. The van der Waals surface area contributed by atoms with Crippen LogP contribution in [-0.4, -0.2) is 22.5 Å². The van der Waals surface area contributed by atoms with Gasteiger partial charge in [0.1, 0.15) is 0 Å². The molecule has 0 spiro atoms. The molecule has 2 N–H and O–H groups in total. The van der Waals surface area contributed by atoms with Gasteiger partial charge in [-0.2, -0.15) is 0 Å². The fourth-order valence-electron chi connectivity index (χ4n) is 2.22. The minimum atomic E-state index is -0.134. The van der Waals surface area contributed by atoms with Crippen LogP contribution in [0.2, 0.25) is 0 Å². The van der Waals surface area contributed by atoms with E-state index in [1.54, 1.807) is 4.90 Å². The summed E-state index contributed by atoms with van der Waals surface area (Å²) in [6.45, 7) is 1.31. The number of hydrogen-bond donors (Lipinski definition) is 1. The van der Waals surface area contributed by atoms with E-state index in [0.717, 1.165) is 6.42 Å². The van der Waals surface area contributed by atoms with Gasteiger partial charge in [0, 0.05) is 19.2 Å². The van der Waals surface area contributed by atoms with Gasteiger partial charge in [0.05, 0.1) is 0 Å². The summed E-state index contributed by atoms with van der Waals surface area (Å²) >= 11 is 0. The second-order valence-corrected chi connectivity index (χ2v) is 4.36. The van der Waals surface area contributed by atoms with Gasteiger partial charge in [-0.25, -0.2) is 0 Å². The number of rotatable bonds is 1. The molecule has 1 aromatic heterocycles. The van der Waals surface area contributed by atoms with Gasteiger partial charge < -0.3 is 15.2 Å². The van der Waals surface area contributed by atoms with Crippen LogP contribution in [0.25, 0.3) is 0 Å². The monoisotopic (exact) mass is 243 g/mol. The Balaban J connectivity index is 1.82. The Morgan fingerprint density at radius 3 is 2.83 bits per heavy atom. The molecule has 1 aromatic carbocycles. The summed E-state index contributed by atoms with van der Waals surface area (Å²) in [6.07, 6.45) is 0.870. The molecule has 0 fully saturated rings. The average Bonchev–Trinajstić information content (AvgIpc) is 2.84. The standard InChI is InChI=1S/C13H13N3O2/c14-12-7-11(15-18-12)13(17)16-6-5-9-3-1-2-4-10(9)8-16/h1-4,7H,5-6,8,14H2. The Labute approximate surface area is 104 Å². The molecule has 2 heterocycles. The molecule has 0 saturated heterocycles. The maximum absolute atomic E-state index is 12.2. The molecule has 0 saturated carbocycles. The van der Waals surface area contributed by atoms with E-state index in [-0.39, 0.29) is 17.5 Å². The lowest BCUT2D eigenvalue weighted by Gasteiger charge is -2.28. The predicted octanol–water partition coefficient (Wildman–Crippen LogP) is 1.46. The van der Waals surface area contributed by atoms with Crippen LogP contribution in [0.3, 0.4) is 0 Å². The van der Waals surface area contributed by atoms with Crippen molar-refractivity contribution in [2.24, 2.45) is 0 Å². The van der Waals surface area contributed by atoms with E-state index < -0.39 is 0 Å². The highest BCUT2D eigenvalue weighted by atomic mass is 16.5. The molecular weight excluding hydrogens is 230 g/mol. The summed E-state index contributed by atoms with van der Waals surface area (Å²) in [5, 5.41) is 3.66. The molecule has 0 aliphatic carbocycles. The van der Waals surface area contributed by atoms with Crippen LogP contribution in [0.5, 0.6) is 0 Å². The van der Waals surface area contributed by atoms with Crippen molar-refractivity contribution < 1.29 is 9.32 Å². The number of nitrogens with zero attached hydrogens (tertiary/aromatic N) is 2. The molecule has 1 aliphatic rings. The zero-order valence-electron chi connectivity index (χ0n) is 9.80. The van der Waals surface area contributed by atoms with Crippen LogP contribution in [-0.2, 0) is 13.0 Å². The Bertz CT molecular complexity index is 591. The molecule has 3 rings (SSSR count). The SMILES string of the molecule is Nc1cc(C(=O)N2CCc3ccccc3C2)no1. The lowest BCUT2D eigenvalue weighted by atomic mass is 10.00. The van der Waals surface area contributed by atoms with Gasteiger partial charge in [-0.05, 0) is 17.5 Å². The van der Waals surface area contributed by atoms with E-state index in [9.17, 15) is 4.79 Å². The van der Waals surface area contributed by atoms with E-state index in [2.05, 4.69) is 11.2 Å². The zero-order chi connectivity index (χ0) is 12.5. The highest BCUT2D eigenvalue weighted by molar-refractivity contribution is 5.92. The second-order valence-electron chi connectivity index (χ2n) is 4.36. The second kappa shape index (κ2) is 4.18. The minimum Gasteiger partial charge on any atom is -0.368 e. The van der Waals surface area contributed by atoms with Crippen molar-refractivity contribution in [3.63, 3.8) is 0 Å². The smallest absolute Gasteiger partial charge is 0.276 e. The van der Waals surface area contributed by atoms with E-state index in [1.165, 1.54) is 17.2 Å². The van der Waals surface area contributed by atoms with E-state index in [4.69, 9.17) is 10.3 Å². The van der Waals surface area contributed by atoms with Crippen LogP contribution < -0.4 is 5.73 Å². The first-order valence-corrected chi connectivity index (χ1v) is 5.82. The van der Waals surface area contributed by atoms with Gasteiger partial charge in [-0.1, -0.05) is 29.4 Å². The molecule has 5 heteroatoms. The van der Waals surface area contributed by atoms with Crippen LogP contribution in [0.15, 0.2) is 34.9 Å². The largest absolute Gasteiger partial charge is 0.368 e. The van der Waals surface area contributed by atoms with Crippen LogP contribution in [0.1, 0.15) is 21.6 Å². The summed E-state index contributed by atoms with van der Waals surface area (Å²) < 4.78 is 4.73. The summed E-state index contributed by atoms with van der Waals surface area (Å²) in [6, 6.07) is 9.62. The Morgan fingerprint density at radius 2 is 2.11 bits per heavy atom. The van der Waals surface area contributed by atoms with Crippen molar-refractivity contribution in [3.8, 4) is 0 Å². The van der Waals surface area contributed by atoms with E-state index in [0.29, 0.717) is 13.1 Å². The van der Waals surface area contributed by atoms with Gasteiger partial charge in [0.2, 0.25) is 5.88 Å².